The summed E-state index contributed by atoms with van der Waals surface area (Å²) in [5.74, 6) is 0.701. The molecule has 1 heterocycles. The highest BCUT2D eigenvalue weighted by Crippen LogP contribution is 2.33. The van der Waals surface area contributed by atoms with E-state index in [1.807, 2.05) is 24.3 Å². The summed E-state index contributed by atoms with van der Waals surface area (Å²) < 4.78 is 11.1. The Bertz CT molecular complexity index is 1020. The molecule has 2 aromatic carbocycles. The molecule has 0 aliphatic carbocycles. The van der Waals surface area contributed by atoms with Gasteiger partial charge in [-0.05, 0) is 47.5 Å². The molecule has 0 unspecified atom stereocenters. The maximum atomic E-state index is 11.6. The summed E-state index contributed by atoms with van der Waals surface area (Å²) in [4.78, 5) is 13.4. The van der Waals surface area contributed by atoms with E-state index in [4.69, 9.17) is 21.7 Å². The van der Waals surface area contributed by atoms with Gasteiger partial charge in [-0.3, -0.25) is 20.4 Å². The monoisotopic (exact) mass is 485 g/mol. The third-order valence-corrected chi connectivity index (χ3v) is 5.56. The van der Waals surface area contributed by atoms with Gasteiger partial charge >= 0.3 is 5.69 Å². The molecular weight excluding hydrogens is 454 g/mol. The van der Waals surface area contributed by atoms with Crippen molar-refractivity contribution in [2.75, 3.05) is 39.4 Å². The fraction of sp³-hybridized carbons (Fsp3) is 0.417. The summed E-state index contributed by atoms with van der Waals surface area (Å²) in [6.07, 6.45) is 1.48. The van der Waals surface area contributed by atoms with Crippen molar-refractivity contribution in [3.63, 3.8) is 0 Å². The molecular formula is C24H31N5O4S. The molecule has 1 fully saturated rings. The Morgan fingerprint density at radius 2 is 1.94 bits per heavy atom. The predicted molar refractivity (Wildman–Crippen MR) is 137 cm³/mol. The Hall–Kier alpha value is -3.08. The molecule has 0 saturated carbocycles. The van der Waals surface area contributed by atoms with Crippen LogP contribution < -0.4 is 15.5 Å². The Labute approximate surface area is 205 Å². The number of rotatable bonds is 8. The van der Waals surface area contributed by atoms with Gasteiger partial charge in [-0.25, -0.2) is 0 Å². The first-order valence-electron chi connectivity index (χ1n) is 11.2. The highest BCUT2D eigenvalue weighted by molar-refractivity contribution is 7.80. The summed E-state index contributed by atoms with van der Waals surface area (Å²) >= 11 is 5.22. The fourth-order valence-corrected chi connectivity index (χ4v) is 3.51. The van der Waals surface area contributed by atoms with Crippen molar-refractivity contribution >= 4 is 29.2 Å². The van der Waals surface area contributed by atoms with Crippen molar-refractivity contribution in [1.82, 2.24) is 15.6 Å². The van der Waals surface area contributed by atoms with Crippen LogP contribution in [-0.4, -0.2) is 60.5 Å². The number of nitrogens with one attached hydrogen (secondary N) is 2. The molecule has 1 saturated heterocycles. The lowest BCUT2D eigenvalue weighted by Crippen LogP contribution is -2.42. The number of ether oxygens (including phenoxy) is 2. The highest BCUT2D eigenvalue weighted by atomic mass is 32.1. The van der Waals surface area contributed by atoms with Crippen LogP contribution in [0.2, 0.25) is 0 Å². The Kier molecular flexibility index (Phi) is 8.91. The summed E-state index contributed by atoms with van der Waals surface area (Å²) in [6, 6.07) is 12.2. The topological polar surface area (TPSA) is 101 Å². The van der Waals surface area contributed by atoms with Crippen molar-refractivity contribution in [1.29, 1.82) is 0 Å². The predicted octanol–water partition coefficient (Wildman–Crippen LogP) is 3.81. The van der Waals surface area contributed by atoms with Gasteiger partial charge in [0.2, 0.25) is 5.75 Å². The molecule has 182 valence electrons. The van der Waals surface area contributed by atoms with E-state index in [1.165, 1.54) is 12.3 Å². The van der Waals surface area contributed by atoms with E-state index in [0.717, 1.165) is 38.4 Å². The van der Waals surface area contributed by atoms with Gasteiger partial charge in [0.1, 0.15) is 5.75 Å². The molecule has 3 rings (SSSR count). The lowest BCUT2D eigenvalue weighted by atomic mass is 9.87. The van der Waals surface area contributed by atoms with Gasteiger partial charge in [0, 0.05) is 37.8 Å². The van der Waals surface area contributed by atoms with Crippen LogP contribution in [0.4, 0.5) is 5.69 Å². The normalized spacial score (nSPS) is 14.7. The third kappa shape index (κ3) is 7.75. The van der Waals surface area contributed by atoms with Crippen LogP contribution in [0.1, 0.15) is 31.9 Å². The Balaban J connectivity index is 1.55. The number of hydrogen-bond acceptors (Lipinski definition) is 7. The number of nitro benzene ring substituents is 1. The summed E-state index contributed by atoms with van der Waals surface area (Å²) in [6.45, 7) is 11.3. The van der Waals surface area contributed by atoms with Crippen molar-refractivity contribution in [3.8, 4) is 11.5 Å². The lowest BCUT2D eigenvalue weighted by Gasteiger charge is -2.26. The maximum absolute atomic E-state index is 11.6. The minimum atomic E-state index is -0.471. The molecule has 0 radical (unpaired) electrons. The maximum Gasteiger partial charge on any atom is 0.312 e. The van der Waals surface area contributed by atoms with Gasteiger partial charge in [0.05, 0.1) is 24.4 Å². The number of thiocarbonyl (C=S) groups is 1. The van der Waals surface area contributed by atoms with E-state index >= 15 is 0 Å². The van der Waals surface area contributed by atoms with E-state index in [2.05, 4.69) is 41.5 Å². The van der Waals surface area contributed by atoms with Crippen LogP contribution in [0, 0.1) is 10.1 Å². The van der Waals surface area contributed by atoms with Crippen molar-refractivity contribution in [2.24, 2.45) is 5.10 Å². The van der Waals surface area contributed by atoms with Crippen LogP contribution in [0.3, 0.4) is 0 Å². The van der Waals surface area contributed by atoms with Crippen LogP contribution in [0.25, 0.3) is 0 Å². The molecule has 0 aromatic heterocycles. The van der Waals surface area contributed by atoms with Crippen LogP contribution >= 0.6 is 12.2 Å². The van der Waals surface area contributed by atoms with E-state index < -0.39 is 4.92 Å². The first kappa shape index (κ1) is 25.5. The molecule has 1 aliphatic rings. The zero-order valence-corrected chi connectivity index (χ0v) is 20.6. The molecule has 0 spiro atoms. The molecule has 34 heavy (non-hydrogen) atoms. The molecule has 1 aliphatic heterocycles. The first-order chi connectivity index (χ1) is 16.2. The van der Waals surface area contributed by atoms with Gasteiger partial charge < -0.3 is 14.8 Å². The number of benzene rings is 2. The van der Waals surface area contributed by atoms with Crippen molar-refractivity contribution in [2.45, 2.75) is 26.2 Å². The number of nitrogens with zero attached hydrogens (tertiary/aromatic N) is 3. The smallest absolute Gasteiger partial charge is 0.312 e. The first-order valence-corrected chi connectivity index (χ1v) is 11.6. The minimum absolute atomic E-state index is 0.0140. The highest BCUT2D eigenvalue weighted by Gasteiger charge is 2.18. The van der Waals surface area contributed by atoms with Crippen molar-refractivity contribution < 1.29 is 14.4 Å². The number of morpholine rings is 1. The lowest BCUT2D eigenvalue weighted by molar-refractivity contribution is -0.385. The summed E-state index contributed by atoms with van der Waals surface area (Å²) in [5.41, 5.74) is 4.31. The van der Waals surface area contributed by atoms with Gasteiger partial charge in [-0.15, -0.1) is 0 Å². The second-order valence-corrected chi connectivity index (χ2v) is 9.35. The largest absolute Gasteiger partial charge is 0.450 e. The van der Waals surface area contributed by atoms with Gasteiger partial charge in [0.15, 0.2) is 5.11 Å². The van der Waals surface area contributed by atoms with Gasteiger partial charge in [-0.2, -0.15) is 5.10 Å². The standard InChI is InChI=1S/C24H31N5O4S/c1-24(2,3)19-5-7-20(8-6-19)33-22-9-4-18(16-21(22)29(30)31)17-26-27-23(34)25-10-11-28-12-14-32-15-13-28/h4-9,16-17H,10-15H2,1-3H3,(H2,25,27,34)/b26-17-. The van der Waals surface area contributed by atoms with Crippen molar-refractivity contribution in [3.05, 3.63) is 63.7 Å². The fourth-order valence-electron chi connectivity index (χ4n) is 3.35. The van der Waals surface area contributed by atoms with Crippen LogP contribution in [0.15, 0.2) is 47.6 Å². The molecule has 0 bridgehead atoms. The van der Waals surface area contributed by atoms with Crippen LogP contribution in [-0.2, 0) is 10.2 Å². The van der Waals surface area contributed by atoms with Gasteiger partial charge in [-0.1, -0.05) is 32.9 Å². The third-order valence-electron chi connectivity index (χ3n) is 5.32. The van der Waals surface area contributed by atoms with E-state index in [1.54, 1.807) is 12.1 Å². The zero-order valence-electron chi connectivity index (χ0n) is 19.7. The van der Waals surface area contributed by atoms with Gasteiger partial charge in [0.25, 0.3) is 0 Å². The number of hydrogen-bond donors (Lipinski definition) is 2. The average Bonchev–Trinajstić information content (AvgIpc) is 2.80. The second-order valence-electron chi connectivity index (χ2n) is 8.94. The number of hydrazone groups is 1. The SMILES string of the molecule is CC(C)(C)c1ccc(Oc2ccc(/C=N\NC(=S)NCCN3CCOCC3)cc2[N+](=O)[O-])cc1. The van der Waals surface area contributed by atoms with E-state index in [9.17, 15) is 10.1 Å². The summed E-state index contributed by atoms with van der Waals surface area (Å²) in [5, 5.41) is 19.2. The molecule has 10 heteroatoms. The number of nitro groups is 1. The quantitative estimate of drug-likeness (QED) is 0.252. The Morgan fingerprint density at radius 3 is 2.59 bits per heavy atom. The molecule has 0 amide bonds. The second kappa shape index (κ2) is 11.9. The van der Waals surface area contributed by atoms with Crippen LogP contribution in [0.5, 0.6) is 11.5 Å². The van der Waals surface area contributed by atoms with E-state index in [0.29, 0.717) is 23.0 Å². The summed E-state index contributed by atoms with van der Waals surface area (Å²) in [7, 11) is 0. The van der Waals surface area contributed by atoms with E-state index in [-0.39, 0.29) is 16.9 Å². The molecule has 2 N–H and O–H groups in total. The Morgan fingerprint density at radius 1 is 1.24 bits per heavy atom. The molecule has 0 atom stereocenters. The minimum Gasteiger partial charge on any atom is -0.450 e. The zero-order chi connectivity index (χ0) is 24.6. The average molecular weight is 486 g/mol. The molecule has 9 nitrogen and oxygen atoms in total. The molecule has 2 aromatic rings.